The number of ether oxygens (including phenoxy) is 1. The normalized spacial score (nSPS) is 11.8. The number of hydrogen-bond donors (Lipinski definition) is 2. The van der Waals surface area contributed by atoms with E-state index in [4.69, 9.17) is 27.9 Å². The topological polar surface area (TPSA) is 58.6 Å². The second-order valence-corrected chi connectivity index (χ2v) is 5.24. The summed E-state index contributed by atoms with van der Waals surface area (Å²) in [6.07, 6.45) is -0.762. The highest BCUT2D eigenvalue weighted by atomic mass is 35.5. The van der Waals surface area contributed by atoms with E-state index >= 15 is 0 Å². The predicted octanol–water partition coefficient (Wildman–Crippen LogP) is 4.11. The van der Waals surface area contributed by atoms with E-state index in [0.717, 1.165) is 0 Å². The van der Waals surface area contributed by atoms with E-state index in [1.165, 1.54) is 18.2 Å². The Kier molecular flexibility index (Phi) is 4.94. The van der Waals surface area contributed by atoms with Crippen molar-refractivity contribution in [1.29, 1.82) is 0 Å². The average Bonchev–Trinajstić information content (AvgIpc) is 2.43. The lowest BCUT2D eigenvalue weighted by atomic mass is 10.2. The van der Waals surface area contributed by atoms with Crippen molar-refractivity contribution in [3.05, 3.63) is 52.5 Å². The summed E-state index contributed by atoms with van der Waals surface area (Å²) in [6, 6.07) is 11.1. The number of phenols is 1. The van der Waals surface area contributed by atoms with Crippen LogP contribution in [0.3, 0.4) is 0 Å². The second-order valence-electron chi connectivity index (χ2n) is 4.37. The van der Waals surface area contributed by atoms with E-state index in [-0.39, 0.29) is 11.4 Å². The molecule has 6 heteroatoms. The van der Waals surface area contributed by atoms with E-state index in [1.807, 2.05) is 0 Å². The van der Waals surface area contributed by atoms with Gasteiger partial charge in [0.2, 0.25) is 0 Å². The molecule has 0 saturated heterocycles. The van der Waals surface area contributed by atoms with Gasteiger partial charge in [-0.1, -0.05) is 29.3 Å². The van der Waals surface area contributed by atoms with Gasteiger partial charge in [0.15, 0.2) is 6.10 Å². The summed E-state index contributed by atoms with van der Waals surface area (Å²) >= 11 is 11.7. The van der Waals surface area contributed by atoms with Gasteiger partial charge in [-0.15, -0.1) is 0 Å². The Morgan fingerprint density at radius 1 is 1.19 bits per heavy atom. The molecular weight excluding hydrogens is 313 g/mol. The van der Waals surface area contributed by atoms with E-state index in [9.17, 15) is 9.90 Å². The lowest BCUT2D eigenvalue weighted by molar-refractivity contribution is -0.122. The molecule has 2 aromatic carbocycles. The predicted molar refractivity (Wildman–Crippen MR) is 83.3 cm³/mol. The molecule has 0 heterocycles. The van der Waals surface area contributed by atoms with Crippen LogP contribution in [0, 0.1) is 0 Å². The molecular formula is C15H13Cl2NO3. The van der Waals surface area contributed by atoms with Gasteiger partial charge in [-0.2, -0.15) is 0 Å². The average molecular weight is 326 g/mol. The van der Waals surface area contributed by atoms with Crippen molar-refractivity contribution in [2.75, 3.05) is 5.32 Å². The molecule has 0 spiro atoms. The van der Waals surface area contributed by atoms with Gasteiger partial charge in [-0.3, -0.25) is 4.79 Å². The van der Waals surface area contributed by atoms with Crippen LogP contribution in [0.15, 0.2) is 42.5 Å². The number of hydrogen-bond acceptors (Lipinski definition) is 3. The zero-order valence-electron chi connectivity index (χ0n) is 11.1. The Labute approximate surface area is 132 Å². The number of phenolic OH excluding ortho intramolecular Hbond substituents is 1. The molecule has 0 fully saturated rings. The van der Waals surface area contributed by atoms with Gasteiger partial charge in [0, 0.05) is 10.0 Å². The van der Waals surface area contributed by atoms with Crippen molar-refractivity contribution in [3.63, 3.8) is 0 Å². The summed E-state index contributed by atoms with van der Waals surface area (Å²) in [6.45, 7) is 1.60. The fraction of sp³-hybridized carbons (Fsp3) is 0.133. The van der Waals surface area contributed by atoms with Crippen molar-refractivity contribution >= 4 is 34.8 Å². The molecule has 0 aliphatic heterocycles. The smallest absolute Gasteiger partial charge is 0.265 e. The summed E-state index contributed by atoms with van der Waals surface area (Å²) in [5, 5.41) is 13.1. The molecule has 1 amide bonds. The first-order valence-electron chi connectivity index (χ1n) is 6.17. The third kappa shape index (κ3) is 4.28. The number of rotatable bonds is 4. The largest absolute Gasteiger partial charge is 0.506 e. The van der Waals surface area contributed by atoms with Crippen LogP contribution in [0.2, 0.25) is 10.0 Å². The third-order valence-electron chi connectivity index (χ3n) is 2.69. The molecule has 4 nitrogen and oxygen atoms in total. The zero-order valence-corrected chi connectivity index (χ0v) is 12.7. The molecule has 2 aromatic rings. The van der Waals surface area contributed by atoms with Crippen LogP contribution in [0.5, 0.6) is 11.5 Å². The maximum Gasteiger partial charge on any atom is 0.265 e. The van der Waals surface area contributed by atoms with E-state index in [2.05, 4.69) is 5.32 Å². The first-order valence-corrected chi connectivity index (χ1v) is 6.93. The molecule has 110 valence electrons. The van der Waals surface area contributed by atoms with Crippen molar-refractivity contribution < 1.29 is 14.6 Å². The van der Waals surface area contributed by atoms with Gasteiger partial charge in [0.25, 0.3) is 5.91 Å². The van der Waals surface area contributed by atoms with Gasteiger partial charge in [-0.05, 0) is 43.3 Å². The molecule has 0 aliphatic rings. The Morgan fingerprint density at radius 3 is 2.62 bits per heavy atom. The Morgan fingerprint density at radius 2 is 1.90 bits per heavy atom. The van der Waals surface area contributed by atoms with Gasteiger partial charge in [0.1, 0.15) is 11.5 Å². The van der Waals surface area contributed by atoms with Gasteiger partial charge >= 0.3 is 0 Å². The summed E-state index contributed by atoms with van der Waals surface area (Å²) < 4.78 is 5.49. The Balaban J connectivity index is 2.04. The monoisotopic (exact) mass is 325 g/mol. The molecule has 0 radical (unpaired) electrons. The molecule has 0 bridgehead atoms. The molecule has 0 aliphatic carbocycles. The fourth-order valence-corrected chi connectivity index (χ4v) is 1.99. The number of halogens is 2. The van der Waals surface area contributed by atoms with E-state index in [1.54, 1.807) is 31.2 Å². The Hall–Kier alpha value is -1.91. The van der Waals surface area contributed by atoms with Gasteiger partial charge in [0.05, 0.1) is 5.69 Å². The van der Waals surface area contributed by atoms with Crippen LogP contribution in [0.25, 0.3) is 0 Å². The quantitative estimate of drug-likeness (QED) is 0.832. The standard InChI is InChI=1S/C15H13Cl2NO3/c1-9(21-12-4-2-3-10(16)7-12)15(20)18-13-8-11(17)5-6-14(13)19/h2-9,19H,1H3,(H,18,20). The number of amides is 1. The van der Waals surface area contributed by atoms with Crippen LogP contribution in [-0.2, 0) is 4.79 Å². The number of nitrogens with one attached hydrogen (secondary N) is 1. The highest BCUT2D eigenvalue weighted by molar-refractivity contribution is 6.31. The van der Waals surface area contributed by atoms with Crippen molar-refractivity contribution in [2.45, 2.75) is 13.0 Å². The maximum atomic E-state index is 12.0. The minimum Gasteiger partial charge on any atom is -0.506 e. The van der Waals surface area contributed by atoms with E-state index < -0.39 is 12.0 Å². The number of aromatic hydroxyl groups is 1. The Bertz CT molecular complexity index is 661. The van der Waals surface area contributed by atoms with Crippen molar-refractivity contribution in [3.8, 4) is 11.5 Å². The van der Waals surface area contributed by atoms with Crippen LogP contribution >= 0.6 is 23.2 Å². The van der Waals surface area contributed by atoms with E-state index in [0.29, 0.717) is 15.8 Å². The first kappa shape index (κ1) is 15.5. The highest BCUT2D eigenvalue weighted by Crippen LogP contribution is 2.27. The number of carbonyl (C=O) groups excluding carboxylic acids is 1. The van der Waals surface area contributed by atoms with Crippen molar-refractivity contribution in [1.82, 2.24) is 0 Å². The molecule has 0 saturated carbocycles. The number of anilines is 1. The van der Waals surface area contributed by atoms with Crippen LogP contribution < -0.4 is 10.1 Å². The number of benzene rings is 2. The molecule has 1 atom stereocenters. The summed E-state index contributed by atoms with van der Waals surface area (Å²) in [4.78, 5) is 12.0. The highest BCUT2D eigenvalue weighted by Gasteiger charge is 2.16. The van der Waals surface area contributed by atoms with Crippen LogP contribution in [0.1, 0.15) is 6.92 Å². The minimum absolute atomic E-state index is 0.0669. The SMILES string of the molecule is CC(Oc1cccc(Cl)c1)C(=O)Nc1cc(Cl)ccc1O. The van der Waals surface area contributed by atoms with Crippen LogP contribution in [0.4, 0.5) is 5.69 Å². The molecule has 2 rings (SSSR count). The molecule has 2 N–H and O–H groups in total. The zero-order chi connectivity index (χ0) is 15.4. The van der Waals surface area contributed by atoms with Gasteiger partial charge < -0.3 is 15.2 Å². The molecule has 21 heavy (non-hydrogen) atoms. The summed E-state index contributed by atoms with van der Waals surface area (Å²) in [5.41, 5.74) is 0.231. The van der Waals surface area contributed by atoms with Gasteiger partial charge in [-0.25, -0.2) is 0 Å². The third-order valence-corrected chi connectivity index (χ3v) is 3.16. The van der Waals surface area contributed by atoms with Crippen molar-refractivity contribution in [2.24, 2.45) is 0 Å². The maximum absolute atomic E-state index is 12.0. The first-order chi connectivity index (χ1) is 9.95. The minimum atomic E-state index is -0.762. The lowest BCUT2D eigenvalue weighted by Gasteiger charge is -2.15. The lowest BCUT2D eigenvalue weighted by Crippen LogP contribution is -2.30. The second kappa shape index (κ2) is 6.70. The molecule has 1 unspecified atom stereocenters. The number of carbonyl (C=O) groups is 1. The summed E-state index contributed by atoms with van der Waals surface area (Å²) in [5.74, 6) is 0.00992. The molecule has 0 aromatic heterocycles. The summed E-state index contributed by atoms with van der Waals surface area (Å²) in [7, 11) is 0. The van der Waals surface area contributed by atoms with Crippen LogP contribution in [-0.4, -0.2) is 17.1 Å². The fourth-order valence-electron chi connectivity index (χ4n) is 1.64.